The van der Waals surface area contributed by atoms with Crippen LogP contribution in [0.4, 0.5) is 0 Å². The Kier molecular flexibility index (Phi) is 3.55. The Bertz CT molecular complexity index is 631. The zero-order valence-electron chi connectivity index (χ0n) is 11.1. The predicted octanol–water partition coefficient (Wildman–Crippen LogP) is 0.963. The molecule has 100 valence electrons. The number of benzene rings is 1. The molecule has 0 saturated heterocycles. The molecule has 0 aliphatic heterocycles. The van der Waals surface area contributed by atoms with Crippen LogP contribution < -0.4 is 5.73 Å². The van der Waals surface area contributed by atoms with Crippen LogP contribution in [0.2, 0.25) is 0 Å². The van der Waals surface area contributed by atoms with Crippen LogP contribution in [0.3, 0.4) is 0 Å². The summed E-state index contributed by atoms with van der Waals surface area (Å²) in [6.45, 7) is 2.47. The van der Waals surface area contributed by atoms with Gasteiger partial charge < -0.3 is 15.6 Å². The van der Waals surface area contributed by atoms with Crippen LogP contribution in [0.5, 0.6) is 0 Å². The number of likely N-dealkylation sites (N-methyl/N-ethyl adjacent to an activating group) is 1. The molecule has 3 N–H and O–H groups in total. The first-order chi connectivity index (χ1) is 9.00. The fourth-order valence-electron chi connectivity index (χ4n) is 2.23. The summed E-state index contributed by atoms with van der Waals surface area (Å²) >= 11 is 0. The molecular weight excluding hydrogens is 242 g/mol. The highest BCUT2D eigenvalue weighted by atomic mass is 16.2. The second-order valence-electron chi connectivity index (χ2n) is 4.62. The lowest BCUT2D eigenvalue weighted by atomic mass is 10.1. The highest BCUT2D eigenvalue weighted by Crippen LogP contribution is 2.22. The van der Waals surface area contributed by atoms with Crippen molar-refractivity contribution in [1.82, 2.24) is 9.88 Å². The van der Waals surface area contributed by atoms with Crippen molar-refractivity contribution in [3.63, 3.8) is 0 Å². The van der Waals surface area contributed by atoms with E-state index in [1.54, 1.807) is 7.05 Å². The van der Waals surface area contributed by atoms with Gasteiger partial charge in [0.2, 0.25) is 0 Å². The number of aromatic nitrogens is 1. The van der Waals surface area contributed by atoms with Gasteiger partial charge >= 0.3 is 11.8 Å². The van der Waals surface area contributed by atoms with E-state index in [-0.39, 0.29) is 0 Å². The second-order valence-corrected chi connectivity index (χ2v) is 4.62. The van der Waals surface area contributed by atoms with Crippen LogP contribution in [0, 0.1) is 6.92 Å². The first kappa shape index (κ1) is 13.1. The molecule has 0 unspecified atom stereocenters. The highest BCUT2D eigenvalue weighted by Gasteiger charge is 2.16. The Labute approximate surface area is 111 Å². The zero-order valence-corrected chi connectivity index (χ0v) is 11.1. The largest absolute Gasteiger partial charge is 0.361 e. The topological polar surface area (TPSA) is 79.2 Å². The van der Waals surface area contributed by atoms with Gasteiger partial charge in [-0.2, -0.15) is 0 Å². The van der Waals surface area contributed by atoms with Crippen LogP contribution in [0.15, 0.2) is 24.3 Å². The molecule has 5 heteroatoms. The van der Waals surface area contributed by atoms with Crippen LogP contribution in [0.25, 0.3) is 10.9 Å². The molecule has 0 spiro atoms. The van der Waals surface area contributed by atoms with Gasteiger partial charge in [-0.3, -0.25) is 9.59 Å². The molecule has 1 aromatic carbocycles. The summed E-state index contributed by atoms with van der Waals surface area (Å²) in [4.78, 5) is 26.9. The Morgan fingerprint density at radius 1 is 1.32 bits per heavy atom. The van der Waals surface area contributed by atoms with E-state index in [0.29, 0.717) is 13.0 Å². The van der Waals surface area contributed by atoms with Crippen LogP contribution in [-0.2, 0) is 16.0 Å². The summed E-state index contributed by atoms with van der Waals surface area (Å²) in [5, 5.41) is 1.15. The number of aromatic amines is 1. The Morgan fingerprint density at radius 3 is 2.68 bits per heavy atom. The molecule has 0 radical (unpaired) electrons. The Balaban J connectivity index is 2.16. The lowest BCUT2D eigenvalue weighted by molar-refractivity contribution is -0.143. The number of primary amides is 1. The van der Waals surface area contributed by atoms with E-state index in [9.17, 15) is 9.59 Å². The van der Waals surface area contributed by atoms with E-state index < -0.39 is 11.8 Å². The van der Waals surface area contributed by atoms with Crippen molar-refractivity contribution in [2.45, 2.75) is 13.3 Å². The van der Waals surface area contributed by atoms with E-state index in [4.69, 9.17) is 5.73 Å². The first-order valence-corrected chi connectivity index (χ1v) is 6.11. The molecule has 2 rings (SSSR count). The van der Waals surface area contributed by atoms with Crippen molar-refractivity contribution < 1.29 is 9.59 Å². The fourth-order valence-corrected chi connectivity index (χ4v) is 2.23. The highest BCUT2D eigenvalue weighted by molar-refractivity contribution is 6.34. The maximum atomic E-state index is 11.4. The van der Waals surface area contributed by atoms with E-state index in [1.165, 1.54) is 10.5 Å². The maximum absolute atomic E-state index is 11.4. The third-order valence-electron chi connectivity index (χ3n) is 3.28. The lowest BCUT2D eigenvalue weighted by Gasteiger charge is -2.14. The smallest absolute Gasteiger partial charge is 0.311 e. The quantitative estimate of drug-likeness (QED) is 0.805. The van der Waals surface area contributed by atoms with Gasteiger partial charge in [0.1, 0.15) is 0 Å². The monoisotopic (exact) mass is 259 g/mol. The molecular formula is C14H17N3O2. The van der Waals surface area contributed by atoms with E-state index >= 15 is 0 Å². The number of para-hydroxylation sites is 1. The third kappa shape index (κ3) is 2.59. The minimum absolute atomic E-state index is 0.463. The summed E-state index contributed by atoms with van der Waals surface area (Å²) in [7, 11) is 1.58. The van der Waals surface area contributed by atoms with Gasteiger partial charge in [0, 0.05) is 30.2 Å². The lowest BCUT2D eigenvalue weighted by Crippen LogP contribution is -2.38. The number of amides is 2. The second kappa shape index (κ2) is 5.14. The number of aryl methyl sites for hydroxylation is 1. The van der Waals surface area contributed by atoms with Crippen molar-refractivity contribution in [3.05, 3.63) is 35.5 Å². The molecule has 0 atom stereocenters. The summed E-state index contributed by atoms with van der Waals surface area (Å²) in [6, 6.07) is 8.02. The number of H-pyrrole nitrogens is 1. The van der Waals surface area contributed by atoms with Gasteiger partial charge in [0.15, 0.2) is 0 Å². The number of rotatable bonds is 3. The summed E-state index contributed by atoms with van der Waals surface area (Å²) in [5.74, 6) is -1.57. The van der Waals surface area contributed by atoms with Gasteiger partial charge in [-0.05, 0) is 25.0 Å². The molecule has 0 saturated carbocycles. The number of fused-ring (bicyclic) bond motifs is 1. The molecule has 2 aromatic rings. The molecule has 0 fully saturated rings. The molecule has 1 heterocycles. The zero-order chi connectivity index (χ0) is 14.0. The number of hydrogen-bond acceptors (Lipinski definition) is 2. The van der Waals surface area contributed by atoms with E-state index in [1.807, 2.05) is 31.2 Å². The molecule has 0 bridgehead atoms. The van der Waals surface area contributed by atoms with Crippen LogP contribution >= 0.6 is 0 Å². The van der Waals surface area contributed by atoms with Crippen molar-refractivity contribution >= 4 is 22.7 Å². The molecule has 19 heavy (non-hydrogen) atoms. The molecule has 5 nitrogen and oxygen atoms in total. The molecule has 0 aliphatic rings. The summed E-state index contributed by atoms with van der Waals surface area (Å²) < 4.78 is 0. The standard InChI is InChI=1S/C14H17N3O2/c1-9-10(7-8-17(2)14(19)13(15)18)11-5-3-4-6-12(11)16-9/h3-6,16H,7-8H2,1-2H3,(H2,15,18). The van der Waals surface area contributed by atoms with Crippen LogP contribution in [-0.4, -0.2) is 35.3 Å². The average molecular weight is 259 g/mol. The number of carbonyl (C=O) groups is 2. The van der Waals surface area contributed by atoms with Crippen molar-refractivity contribution in [2.24, 2.45) is 5.73 Å². The minimum atomic E-state index is -0.918. The van der Waals surface area contributed by atoms with Gasteiger partial charge in [-0.25, -0.2) is 0 Å². The number of hydrogen-bond donors (Lipinski definition) is 2. The van der Waals surface area contributed by atoms with Crippen molar-refractivity contribution in [2.75, 3.05) is 13.6 Å². The van der Waals surface area contributed by atoms with E-state index in [2.05, 4.69) is 4.98 Å². The minimum Gasteiger partial charge on any atom is -0.361 e. The SMILES string of the molecule is Cc1[nH]c2ccccc2c1CCN(C)C(=O)C(N)=O. The van der Waals surface area contributed by atoms with Gasteiger partial charge in [-0.15, -0.1) is 0 Å². The van der Waals surface area contributed by atoms with Crippen LogP contribution in [0.1, 0.15) is 11.3 Å². The molecule has 1 aromatic heterocycles. The molecule has 0 aliphatic carbocycles. The average Bonchev–Trinajstić information content (AvgIpc) is 2.70. The predicted molar refractivity (Wildman–Crippen MR) is 73.6 cm³/mol. The summed E-state index contributed by atoms with van der Waals surface area (Å²) in [5.41, 5.74) is 8.30. The summed E-state index contributed by atoms with van der Waals surface area (Å²) in [6.07, 6.45) is 0.686. The van der Waals surface area contributed by atoms with Gasteiger partial charge in [-0.1, -0.05) is 18.2 Å². The fraction of sp³-hybridized carbons (Fsp3) is 0.286. The number of nitrogens with two attached hydrogens (primary N) is 1. The van der Waals surface area contributed by atoms with Crippen molar-refractivity contribution in [3.8, 4) is 0 Å². The normalized spacial score (nSPS) is 10.6. The van der Waals surface area contributed by atoms with Gasteiger partial charge in [0.25, 0.3) is 0 Å². The first-order valence-electron chi connectivity index (χ1n) is 6.11. The third-order valence-corrected chi connectivity index (χ3v) is 3.28. The number of nitrogens with one attached hydrogen (secondary N) is 1. The Morgan fingerprint density at radius 2 is 2.00 bits per heavy atom. The Hall–Kier alpha value is -2.30. The van der Waals surface area contributed by atoms with E-state index in [0.717, 1.165) is 16.6 Å². The molecule has 2 amide bonds. The maximum Gasteiger partial charge on any atom is 0.311 e. The van der Waals surface area contributed by atoms with Gasteiger partial charge in [0.05, 0.1) is 0 Å². The van der Waals surface area contributed by atoms with Crippen molar-refractivity contribution in [1.29, 1.82) is 0 Å². The number of nitrogens with zero attached hydrogens (tertiary/aromatic N) is 1. The number of carbonyl (C=O) groups excluding carboxylic acids is 2.